The molecule has 3 rings (SSSR count). The van der Waals surface area contributed by atoms with Crippen molar-refractivity contribution in [2.24, 2.45) is 0 Å². The Morgan fingerprint density at radius 3 is 2.71 bits per heavy atom. The zero-order valence-corrected chi connectivity index (χ0v) is 14.1. The topological polar surface area (TPSA) is 54.9 Å². The predicted molar refractivity (Wildman–Crippen MR) is 96.6 cm³/mol. The molecule has 122 valence electrons. The Balaban J connectivity index is 1.50. The highest BCUT2D eigenvalue weighted by molar-refractivity contribution is 7.08. The molecule has 0 spiro atoms. The van der Waals surface area contributed by atoms with Crippen LogP contribution in [0.15, 0.2) is 59.6 Å². The zero-order chi connectivity index (χ0) is 16.6. The fourth-order valence-electron chi connectivity index (χ4n) is 2.50. The predicted octanol–water partition coefficient (Wildman–Crippen LogP) is 3.84. The van der Waals surface area contributed by atoms with E-state index >= 15 is 0 Å². The lowest BCUT2D eigenvalue weighted by Crippen LogP contribution is -2.23. The van der Waals surface area contributed by atoms with Gasteiger partial charge in [-0.25, -0.2) is 0 Å². The summed E-state index contributed by atoms with van der Waals surface area (Å²) in [6.07, 6.45) is 5.61. The molecule has 0 atom stereocenters. The van der Waals surface area contributed by atoms with Crippen LogP contribution in [0.1, 0.15) is 24.1 Å². The van der Waals surface area contributed by atoms with Crippen LogP contribution in [0.5, 0.6) is 0 Å². The first-order valence-electron chi connectivity index (χ1n) is 7.96. The van der Waals surface area contributed by atoms with E-state index in [9.17, 15) is 4.79 Å². The molecule has 0 saturated carbocycles. The summed E-state index contributed by atoms with van der Waals surface area (Å²) in [6.45, 7) is 0.406. The van der Waals surface area contributed by atoms with Gasteiger partial charge in [0.2, 0.25) is 5.91 Å². The number of hydrogen-bond acceptors (Lipinski definition) is 4. The van der Waals surface area contributed by atoms with Crippen LogP contribution in [-0.4, -0.2) is 15.9 Å². The molecule has 4 nitrogen and oxygen atoms in total. The van der Waals surface area contributed by atoms with E-state index in [4.69, 9.17) is 0 Å². The Labute approximate surface area is 145 Å². The summed E-state index contributed by atoms with van der Waals surface area (Å²) in [4.78, 5) is 20.8. The average Bonchev–Trinajstić information content (AvgIpc) is 3.16. The first-order chi connectivity index (χ1) is 11.8. The molecular formula is C19H19N3OS. The van der Waals surface area contributed by atoms with Crippen molar-refractivity contribution in [3.63, 3.8) is 0 Å². The Morgan fingerprint density at radius 2 is 1.92 bits per heavy atom. The van der Waals surface area contributed by atoms with Crippen molar-refractivity contribution in [2.75, 3.05) is 0 Å². The summed E-state index contributed by atoms with van der Waals surface area (Å²) in [7, 11) is 0. The molecule has 0 aliphatic rings. The van der Waals surface area contributed by atoms with E-state index < -0.39 is 0 Å². The molecule has 24 heavy (non-hydrogen) atoms. The summed E-state index contributed by atoms with van der Waals surface area (Å²) in [5.74, 6) is 0.0489. The average molecular weight is 337 g/mol. The van der Waals surface area contributed by atoms with Crippen molar-refractivity contribution in [2.45, 2.75) is 25.8 Å². The standard InChI is InChI=1S/C19H19N3OS/c23-18(8-4-7-15-5-2-1-3-6-15)22-13-17-19(21-11-10-20-17)16-9-12-24-14-16/h1-3,5-6,9-12,14H,4,7-8,13H2,(H,22,23). The van der Waals surface area contributed by atoms with Gasteiger partial charge in [0.05, 0.1) is 17.9 Å². The second kappa shape index (κ2) is 8.36. The van der Waals surface area contributed by atoms with Crippen LogP contribution in [0.4, 0.5) is 0 Å². The molecule has 0 fully saturated rings. The molecule has 2 aromatic heterocycles. The Morgan fingerprint density at radius 1 is 1.08 bits per heavy atom. The molecule has 5 heteroatoms. The number of nitrogens with zero attached hydrogens (tertiary/aromatic N) is 2. The van der Waals surface area contributed by atoms with Gasteiger partial charge >= 0.3 is 0 Å². The minimum absolute atomic E-state index is 0.0489. The fourth-order valence-corrected chi connectivity index (χ4v) is 3.15. The number of amides is 1. The molecule has 0 aliphatic carbocycles. The van der Waals surface area contributed by atoms with E-state index in [1.165, 1.54) is 5.56 Å². The fraction of sp³-hybridized carbons (Fsp3) is 0.211. The Hall–Kier alpha value is -2.53. The van der Waals surface area contributed by atoms with Gasteiger partial charge in [0.15, 0.2) is 0 Å². The third-order valence-corrected chi connectivity index (χ3v) is 4.42. The van der Waals surface area contributed by atoms with Gasteiger partial charge in [-0.15, -0.1) is 0 Å². The lowest BCUT2D eigenvalue weighted by molar-refractivity contribution is -0.121. The van der Waals surface area contributed by atoms with Gasteiger partial charge in [-0.05, 0) is 29.9 Å². The van der Waals surface area contributed by atoms with E-state index in [1.807, 2.05) is 35.0 Å². The molecule has 0 unspecified atom stereocenters. The third-order valence-electron chi connectivity index (χ3n) is 3.73. The van der Waals surface area contributed by atoms with Crippen LogP contribution in [-0.2, 0) is 17.8 Å². The zero-order valence-electron chi connectivity index (χ0n) is 13.3. The van der Waals surface area contributed by atoms with Crippen LogP contribution in [0.3, 0.4) is 0 Å². The largest absolute Gasteiger partial charge is 0.350 e. The summed E-state index contributed by atoms with van der Waals surface area (Å²) in [5.41, 5.74) is 3.94. The summed E-state index contributed by atoms with van der Waals surface area (Å²) < 4.78 is 0. The van der Waals surface area contributed by atoms with Gasteiger partial charge in [-0.2, -0.15) is 11.3 Å². The molecule has 1 aromatic carbocycles. The van der Waals surface area contributed by atoms with Gasteiger partial charge in [-0.1, -0.05) is 30.3 Å². The molecule has 0 aliphatic heterocycles. The molecule has 2 heterocycles. The summed E-state index contributed by atoms with van der Waals surface area (Å²) in [6, 6.07) is 12.2. The number of carbonyl (C=O) groups is 1. The molecule has 0 radical (unpaired) electrons. The third kappa shape index (κ3) is 4.49. The van der Waals surface area contributed by atoms with Crippen LogP contribution in [0, 0.1) is 0 Å². The van der Waals surface area contributed by atoms with Gasteiger partial charge in [0.1, 0.15) is 0 Å². The number of thiophene rings is 1. The van der Waals surface area contributed by atoms with Crippen molar-refractivity contribution >= 4 is 17.2 Å². The quantitative estimate of drug-likeness (QED) is 0.712. The number of hydrogen-bond donors (Lipinski definition) is 1. The molecular weight excluding hydrogens is 318 g/mol. The highest BCUT2D eigenvalue weighted by Crippen LogP contribution is 2.22. The number of benzene rings is 1. The molecule has 0 bridgehead atoms. The lowest BCUT2D eigenvalue weighted by atomic mass is 10.1. The van der Waals surface area contributed by atoms with Crippen molar-refractivity contribution in [3.8, 4) is 11.3 Å². The van der Waals surface area contributed by atoms with Crippen LogP contribution in [0.2, 0.25) is 0 Å². The van der Waals surface area contributed by atoms with Gasteiger partial charge in [0.25, 0.3) is 0 Å². The monoisotopic (exact) mass is 337 g/mol. The highest BCUT2D eigenvalue weighted by Gasteiger charge is 2.09. The van der Waals surface area contributed by atoms with Crippen LogP contribution in [0.25, 0.3) is 11.3 Å². The van der Waals surface area contributed by atoms with E-state index in [0.29, 0.717) is 13.0 Å². The van der Waals surface area contributed by atoms with Gasteiger partial charge < -0.3 is 5.32 Å². The van der Waals surface area contributed by atoms with Crippen LogP contribution < -0.4 is 5.32 Å². The first kappa shape index (κ1) is 16.3. The van der Waals surface area contributed by atoms with Crippen molar-refractivity contribution < 1.29 is 4.79 Å². The highest BCUT2D eigenvalue weighted by atomic mass is 32.1. The minimum atomic E-state index is 0.0489. The van der Waals surface area contributed by atoms with E-state index in [0.717, 1.165) is 29.8 Å². The first-order valence-corrected chi connectivity index (χ1v) is 8.90. The number of aromatic nitrogens is 2. The van der Waals surface area contributed by atoms with E-state index in [1.54, 1.807) is 23.7 Å². The molecule has 3 aromatic rings. The van der Waals surface area contributed by atoms with Gasteiger partial charge in [-0.3, -0.25) is 14.8 Å². The minimum Gasteiger partial charge on any atom is -0.350 e. The molecule has 1 amide bonds. The van der Waals surface area contributed by atoms with Crippen molar-refractivity contribution in [1.29, 1.82) is 0 Å². The van der Waals surface area contributed by atoms with Crippen molar-refractivity contribution in [3.05, 3.63) is 70.8 Å². The lowest BCUT2D eigenvalue weighted by Gasteiger charge is -2.08. The maximum Gasteiger partial charge on any atom is 0.220 e. The van der Waals surface area contributed by atoms with E-state index in [2.05, 4.69) is 27.4 Å². The second-order valence-corrected chi connectivity index (χ2v) is 6.26. The number of rotatable bonds is 7. The number of nitrogens with one attached hydrogen (secondary N) is 1. The van der Waals surface area contributed by atoms with Crippen molar-refractivity contribution in [1.82, 2.24) is 15.3 Å². The number of aryl methyl sites for hydroxylation is 1. The SMILES string of the molecule is O=C(CCCc1ccccc1)NCc1nccnc1-c1ccsc1. The maximum absolute atomic E-state index is 12.0. The molecule has 1 N–H and O–H groups in total. The smallest absolute Gasteiger partial charge is 0.220 e. The van der Waals surface area contributed by atoms with Gasteiger partial charge in [0, 0.05) is 29.8 Å². The normalized spacial score (nSPS) is 10.5. The second-order valence-electron chi connectivity index (χ2n) is 5.48. The summed E-state index contributed by atoms with van der Waals surface area (Å²) >= 11 is 1.62. The summed E-state index contributed by atoms with van der Waals surface area (Å²) in [5, 5.41) is 7.00. The van der Waals surface area contributed by atoms with E-state index in [-0.39, 0.29) is 5.91 Å². The Bertz CT molecular complexity index is 772. The van der Waals surface area contributed by atoms with Crippen LogP contribution >= 0.6 is 11.3 Å². The number of carbonyl (C=O) groups excluding carboxylic acids is 1. The molecule has 0 saturated heterocycles. The maximum atomic E-state index is 12.0. The Kier molecular flexibility index (Phi) is 5.69.